The van der Waals surface area contributed by atoms with E-state index in [0.29, 0.717) is 17.1 Å². The number of ketones is 3. The van der Waals surface area contributed by atoms with E-state index >= 15 is 0 Å². The fourth-order valence-electron chi connectivity index (χ4n) is 5.34. The van der Waals surface area contributed by atoms with Gasteiger partial charge in [-0.15, -0.1) is 0 Å². The third-order valence-electron chi connectivity index (χ3n) is 7.57. The Balaban J connectivity index is 0.00000292. The maximum atomic E-state index is 13.6. The largest absolute Gasteiger partial charge is 1.00 e. The summed E-state index contributed by atoms with van der Waals surface area (Å²) >= 11 is 11.8. The van der Waals surface area contributed by atoms with Crippen molar-refractivity contribution in [1.82, 2.24) is 15.3 Å². The van der Waals surface area contributed by atoms with Gasteiger partial charge >= 0.3 is 59.1 Å². The quantitative estimate of drug-likeness (QED) is 0.0612. The van der Waals surface area contributed by atoms with E-state index in [0.717, 1.165) is 12.1 Å². The van der Waals surface area contributed by atoms with Crippen molar-refractivity contribution >= 4 is 88.9 Å². The van der Waals surface area contributed by atoms with Crippen molar-refractivity contribution in [1.29, 1.82) is 0 Å². The van der Waals surface area contributed by atoms with Crippen LogP contribution >= 0.6 is 23.2 Å². The predicted molar refractivity (Wildman–Crippen MR) is 175 cm³/mol. The first kappa shape index (κ1) is 41.0. The minimum atomic E-state index is -5.31. The van der Waals surface area contributed by atoms with E-state index in [1.807, 2.05) is 0 Å². The van der Waals surface area contributed by atoms with Crippen molar-refractivity contribution in [2.24, 2.45) is 0 Å². The van der Waals surface area contributed by atoms with E-state index in [1.54, 1.807) is 6.07 Å². The van der Waals surface area contributed by atoms with Crippen LogP contribution in [-0.2, 0) is 26.8 Å². The van der Waals surface area contributed by atoms with Crippen molar-refractivity contribution in [2.75, 3.05) is 17.6 Å². The maximum absolute atomic E-state index is 13.6. The molecule has 20 heteroatoms. The van der Waals surface area contributed by atoms with Gasteiger partial charge < -0.3 is 25.5 Å². The van der Waals surface area contributed by atoms with Gasteiger partial charge in [0.2, 0.25) is 0 Å². The number of anilines is 3. The third kappa shape index (κ3) is 8.23. The molecule has 1 aliphatic carbocycles. The van der Waals surface area contributed by atoms with Gasteiger partial charge in [-0.2, -0.15) is 0 Å². The molecule has 1 aromatic heterocycles. The molecule has 0 amide bonds. The Kier molecular flexibility index (Phi) is 12.6. The predicted octanol–water partition coefficient (Wildman–Crippen LogP) is -2.17. The Bertz CT molecular complexity index is 2520. The number of rotatable bonds is 9. The van der Waals surface area contributed by atoms with Crippen LogP contribution in [0.4, 0.5) is 17.1 Å². The first-order chi connectivity index (χ1) is 23.0. The summed E-state index contributed by atoms with van der Waals surface area (Å²) in [6.45, 7) is -0.287. The average molecular weight is 787 g/mol. The molecule has 0 bridgehead atoms. The Morgan fingerprint density at radius 1 is 0.745 bits per heavy atom. The minimum absolute atomic E-state index is 0. The van der Waals surface area contributed by atoms with Crippen LogP contribution in [0.1, 0.15) is 47.8 Å². The van der Waals surface area contributed by atoms with Crippen molar-refractivity contribution < 1.29 is 99.4 Å². The smallest absolute Gasteiger partial charge is 0.744 e. The molecule has 0 saturated carbocycles. The second-order valence-electron chi connectivity index (χ2n) is 10.7. The summed E-state index contributed by atoms with van der Waals surface area (Å²) in [6.07, 6.45) is 0. The molecule has 5 aromatic rings. The van der Waals surface area contributed by atoms with Gasteiger partial charge in [0.1, 0.15) is 20.2 Å². The molecule has 4 N–H and O–H groups in total. The van der Waals surface area contributed by atoms with Crippen molar-refractivity contribution in [3.63, 3.8) is 0 Å². The number of hydrogen-bond acceptors (Lipinski definition) is 14. The summed E-state index contributed by atoms with van der Waals surface area (Å²) in [6, 6.07) is 14.5. The molecule has 0 fully saturated rings. The van der Waals surface area contributed by atoms with Crippen molar-refractivity contribution in [3.05, 3.63) is 110 Å². The summed E-state index contributed by atoms with van der Waals surface area (Å²) < 4.78 is 73.5. The van der Waals surface area contributed by atoms with Gasteiger partial charge in [0, 0.05) is 23.2 Å². The second-order valence-corrected chi connectivity index (χ2v) is 14.1. The Labute approximate surface area is 344 Å². The third-order valence-corrected chi connectivity index (χ3v) is 9.95. The summed E-state index contributed by atoms with van der Waals surface area (Å²) in [5.74, 6) is -1.96. The molecule has 250 valence electrons. The van der Waals surface area contributed by atoms with Gasteiger partial charge in [-0.3, -0.25) is 14.4 Å². The topological polar surface area (TPSA) is 241 Å². The van der Waals surface area contributed by atoms with Crippen LogP contribution in [0.2, 0.25) is 10.3 Å². The minimum Gasteiger partial charge on any atom is -0.744 e. The van der Waals surface area contributed by atoms with Crippen LogP contribution in [-0.4, -0.2) is 59.8 Å². The van der Waals surface area contributed by atoms with Gasteiger partial charge in [0.15, 0.2) is 27.7 Å². The summed E-state index contributed by atoms with van der Waals surface area (Å²) in [5, 5.41) is 5.40. The van der Waals surface area contributed by atoms with Gasteiger partial charge in [0.05, 0.1) is 55.6 Å². The summed E-state index contributed by atoms with van der Waals surface area (Å²) in [5.41, 5.74) is 4.53. The number of fused-ring (bicyclic) bond motifs is 3. The van der Waals surface area contributed by atoms with Crippen LogP contribution in [0.3, 0.4) is 0 Å². The number of carbonyl (C=O) groups is 3. The number of nitrogens with one attached hydrogen (secondary N) is 2. The standard InChI is InChI=1S/C31H21Cl2N5O9S2.2Na/c32-30-31(33)38-20-10-15(6-8-18(20)37-30)22(39)13-35-12-14-5-7-19(23(9-14)48(42,43)44)36-21-11-24(49(45,46)47)27(34)26-25(21)28(40)16-3-1-2-4-17(16)29(26)41;;/h1-11,35-36H,12-13,34H2,(H,42,43,44)(H,45,46,47);;/q;2*+1/p-2. The van der Waals surface area contributed by atoms with E-state index in [4.69, 9.17) is 28.9 Å². The molecule has 0 aliphatic heterocycles. The Hall–Kier alpha value is -2.81. The zero-order valence-corrected chi connectivity index (χ0v) is 33.6. The van der Waals surface area contributed by atoms with Crippen LogP contribution in [0.15, 0.2) is 76.5 Å². The fraction of sp³-hybridized carbons (Fsp3) is 0.0645. The van der Waals surface area contributed by atoms with E-state index in [9.17, 15) is 40.3 Å². The van der Waals surface area contributed by atoms with E-state index < -0.39 is 69.8 Å². The number of aromatic nitrogens is 2. The number of nitrogens with zero attached hydrogens (tertiary/aromatic N) is 2. The number of benzene rings is 4. The van der Waals surface area contributed by atoms with Gasteiger partial charge in [-0.1, -0.05) is 53.5 Å². The zero-order chi connectivity index (χ0) is 35.4. The first-order valence-electron chi connectivity index (χ1n) is 13.9. The molecular formula is C31H19Cl2N5Na2O9S2. The zero-order valence-electron chi connectivity index (χ0n) is 26.5. The SMILES string of the molecule is Nc1c(S(=O)(=O)[O-])cc(Nc2ccc(CNCC(=O)c3ccc4nc(Cl)c(Cl)nc4c3)cc2S(=O)(=O)[O-])c2c1C(=O)c1ccccc1C2=O.[Na+].[Na+]. The number of nitrogen functional groups attached to an aromatic ring is 1. The number of halogens is 2. The van der Waals surface area contributed by atoms with Gasteiger partial charge in [-0.25, -0.2) is 26.8 Å². The molecule has 51 heavy (non-hydrogen) atoms. The number of hydrogen-bond donors (Lipinski definition) is 3. The van der Waals surface area contributed by atoms with Crippen LogP contribution < -0.4 is 75.5 Å². The molecule has 0 saturated heterocycles. The van der Waals surface area contributed by atoms with Crippen LogP contribution in [0, 0.1) is 0 Å². The molecule has 0 unspecified atom stereocenters. The molecule has 0 radical (unpaired) electrons. The van der Waals surface area contributed by atoms with E-state index in [2.05, 4.69) is 20.6 Å². The number of carbonyl (C=O) groups excluding carboxylic acids is 3. The normalized spacial score (nSPS) is 12.4. The first-order valence-corrected chi connectivity index (χ1v) is 17.4. The van der Waals surface area contributed by atoms with E-state index in [-0.39, 0.29) is 111 Å². The maximum Gasteiger partial charge on any atom is 1.00 e. The molecule has 0 atom stereocenters. The van der Waals surface area contributed by atoms with Crippen LogP contribution in [0.25, 0.3) is 11.0 Å². The molecule has 4 aromatic carbocycles. The monoisotopic (exact) mass is 785 g/mol. The van der Waals surface area contributed by atoms with Crippen molar-refractivity contribution in [2.45, 2.75) is 16.3 Å². The van der Waals surface area contributed by atoms with Crippen LogP contribution in [0.5, 0.6) is 0 Å². The molecular weight excluding hydrogens is 767 g/mol. The Morgan fingerprint density at radius 3 is 1.94 bits per heavy atom. The molecule has 1 aliphatic rings. The molecule has 1 heterocycles. The van der Waals surface area contributed by atoms with Gasteiger partial charge in [0.25, 0.3) is 0 Å². The van der Waals surface area contributed by atoms with Crippen molar-refractivity contribution in [3.8, 4) is 0 Å². The molecule has 14 nitrogen and oxygen atoms in total. The fourth-order valence-corrected chi connectivity index (χ4v) is 6.92. The second kappa shape index (κ2) is 15.7. The summed E-state index contributed by atoms with van der Waals surface area (Å²) in [4.78, 5) is 46.1. The molecule has 0 spiro atoms. The van der Waals surface area contributed by atoms with Gasteiger partial charge in [-0.05, 0) is 42.0 Å². The molecule has 6 rings (SSSR count). The summed E-state index contributed by atoms with van der Waals surface area (Å²) in [7, 11) is -10.5. The van der Waals surface area contributed by atoms with E-state index in [1.165, 1.54) is 42.5 Å². The number of nitrogens with two attached hydrogens (primary N) is 1. The average Bonchev–Trinajstić information content (AvgIpc) is 3.04. The number of Topliss-reactive ketones (excluding diaryl/α,β-unsaturated/α-hetero) is 1. The Morgan fingerprint density at radius 2 is 1.33 bits per heavy atom.